The number of carbonyl (C=O) groups is 1. The smallest absolute Gasteiger partial charge is 0.225 e. The van der Waals surface area contributed by atoms with E-state index in [2.05, 4.69) is 27.2 Å². The topological polar surface area (TPSA) is 35.6 Å². The number of hydrogen-bond acceptors (Lipinski definition) is 3. The number of halogens is 2. The highest BCUT2D eigenvalue weighted by atomic mass is 35.5. The van der Waals surface area contributed by atoms with Gasteiger partial charge in [0.15, 0.2) is 0 Å². The van der Waals surface area contributed by atoms with Crippen LogP contribution >= 0.6 is 23.2 Å². The molecule has 0 unspecified atom stereocenters. The van der Waals surface area contributed by atoms with Crippen LogP contribution in [0.5, 0.6) is 0 Å². The molecule has 0 atom stereocenters. The van der Waals surface area contributed by atoms with E-state index < -0.39 is 0 Å². The van der Waals surface area contributed by atoms with Gasteiger partial charge in [0.25, 0.3) is 0 Å². The van der Waals surface area contributed by atoms with Gasteiger partial charge < -0.3 is 10.2 Å². The summed E-state index contributed by atoms with van der Waals surface area (Å²) in [6.07, 6.45) is 0.475. The highest BCUT2D eigenvalue weighted by Gasteiger charge is 2.17. The summed E-state index contributed by atoms with van der Waals surface area (Å²) < 4.78 is 0. The van der Waals surface area contributed by atoms with Crippen LogP contribution in [-0.2, 0) is 11.3 Å². The van der Waals surface area contributed by atoms with Gasteiger partial charge in [-0.05, 0) is 29.8 Å². The fourth-order valence-electron chi connectivity index (χ4n) is 3.05. The van der Waals surface area contributed by atoms with E-state index in [4.69, 9.17) is 23.2 Å². The van der Waals surface area contributed by atoms with Crippen LogP contribution in [0.15, 0.2) is 48.5 Å². The van der Waals surface area contributed by atoms with Crippen molar-refractivity contribution in [1.29, 1.82) is 0 Å². The van der Waals surface area contributed by atoms with Crippen molar-refractivity contribution in [1.82, 2.24) is 9.80 Å². The molecular weight excluding hydrogens is 369 g/mol. The third kappa shape index (κ3) is 5.71. The number of nitrogens with zero attached hydrogens (tertiary/aromatic N) is 2. The van der Waals surface area contributed by atoms with Gasteiger partial charge in [0.05, 0.1) is 10.7 Å². The first-order valence-electron chi connectivity index (χ1n) is 8.84. The van der Waals surface area contributed by atoms with Gasteiger partial charge in [0, 0.05) is 50.7 Å². The Kier molecular flexibility index (Phi) is 6.92. The molecule has 0 saturated carbocycles. The Morgan fingerprint density at radius 2 is 1.58 bits per heavy atom. The molecule has 1 aliphatic heterocycles. The van der Waals surface area contributed by atoms with Crippen LogP contribution in [0.4, 0.5) is 5.69 Å². The van der Waals surface area contributed by atoms with Crippen molar-refractivity contribution in [3.63, 3.8) is 0 Å². The molecule has 2 aromatic carbocycles. The van der Waals surface area contributed by atoms with E-state index in [0.717, 1.165) is 44.3 Å². The molecule has 26 heavy (non-hydrogen) atoms. The van der Waals surface area contributed by atoms with Gasteiger partial charge in [0.1, 0.15) is 0 Å². The molecule has 0 bridgehead atoms. The van der Waals surface area contributed by atoms with Crippen LogP contribution in [0.3, 0.4) is 0 Å². The molecule has 0 spiro atoms. The zero-order valence-corrected chi connectivity index (χ0v) is 16.1. The van der Waals surface area contributed by atoms with Crippen molar-refractivity contribution in [2.45, 2.75) is 13.0 Å². The molecular formula is C20H23Cl2N3O. The molecule has 4 nitrogen and oxygen atoms in total. The summed E-state index contributed by atoms with van der Waals surface area (Å²) in [6, 6.07) is 15.3. The van der Waals surface area contributed by atoms with E-state index in [1.807, 2.05) is 30.3 Å². The van der Waals surface area contributed by atoms with Crippen LogP contribution in [0, 0.1) is 0 Å². The first kappa shape index (κ1) is 19.2. The first-order valence-corrected chi connectivity index (χ1v) is 9.59. The van der Waals surface area contributed by atoms with Crippen molar-refractivity contribution in [2.75, 3.05) is 38.0 Å². The third-order valence-corrected chi connectivity index (χ3v) is 5.17. The van der Waals surface area contributed by atoms with Crippen LogP contribution in [-0.4, -0.2) is 48.4 Å². The number of rotatable bonds is 6. The predicted molar refractivity (Wildman–Crippen MR) is 108 cm³/mol. The maximum Gasteiger partial charge on any atom is 0.225 e. The lowest BCUT2D eigenvalue weighted by Gasteiger charge is -2.34. The number of hydrogen-bond donors (Lipinski definition) is 1. The van der Waals surface area contributed by atoms with Gasteiger partial charge in [-0.15, -0.1) is 0 Å². The minimum Gasteiger partial charge on any atom is -0.325 e. The molecule has 6 heteroatoms. The van der Waals surface area contributed by atoms with E-state index >= 15 is 0 Å². The molecule has 2 aromatic rings. The fourth-order valence-corrected chi connectivity index (χ4v) is 3.36. The number of carbonyl (C=O) groups excluding carboxylic acids is 1. The van der Waals surface area contributed by atoms with Gasteiger partial charge in [-0.1, -0.05) is 47.5 Å². The molecule has 1 heterocycles. The molecule has 1 fully saturated rings. The summed E-state index contributed by atoms with van der Waals surface area (Å²) >= 11 is 12.0. The van der Waals surface area contributed by atoms with Crippen molar-refractivity contribution in [2.24, 2.45) is 0 Å². The summed E-state index contributed by atoms with van der Waals surface area (Å²) in [5.41, 5.74) is 1.95. The van der Waals surface area contributed by atoms with E-state index in [1.54, 1.807) is 6.07 Å². The second-order valence-electron chi connectivity index (χ2n) is 6.52. The summed E-state index contributed by atoms with van der Waals surface area (Å²) in [4.78, 5) is 16.9. The second kappa shape index (κ2) is 9.38. The SMILES string of the molecule is O=C(CCN1CCN(Cc2ccc(Cl)cc2)CC1)Nc1ccccc1Cl. The summed E-state index contributed by atoms with van der Waals surface area (Å²) in [5.74, 6) is 0.00157. The maximum atomic E-state index is 12.1. The molecule has 0 aromatic heterocycles. The lowest BCUT2D eigenvalue weighted by atomic mass is 10.2. The highest BCUT2D eigenvalue weighted by molar-refractivity contribution is 6.33. The summed E-state index contributed by atoms with van der Waals surface area (Å²) in [5, 5.41) is 4.22. The lowest BCUT2D eigenvalue weighted by molar-refractivity contribution is -0.116. The van der Waals surface area contributed by atoms with Gasteiger partial charge in [0.2, 0.25) is 5.91 Å². The van der Waals surface area contributed by atoms with Crippen molar-refractivity contribution >= 4 is 34.8 Å². The Morgan fingerprint density at radius 1 is 0.923 bits per heavy atom. The minimum atomic E-state index is 0.00157. The van der Waals surface area contributed by atoms with Gasteiger partial charge in [-0.3, -0.25) is 9.69 Å². The maximum absolute atomic E-state index is 12.1. The Hall–Kier alpha value is -1.59. The van der Waals surface area contributed by atoms with Gasteiger partial charge in [-0.2, -0.15) is 0 Å². The van der Waals surface area contributed by atoms with Crippen LogP contribution in [0.25, 0.3) is 0 Å². The highest BCUT2D eigenvalue weighted by Crippen LogP contribution is 2.20. The van der Waals surface area contributed by atoms with E-state index in [-0.39, 0.29) is 5.91 Å². The lowest BCUT2D eigenvalue weighted by Crippen LogP contribution is -2.46. The summed E-state index contributed by atoms with van der Waals surface area (Å²) in [7, 11) is 0. The first-order chi connectivity index (χ1) is 12.6. The minimum absolute atomic E-state index is 0.00157. The van der Waals surface area contributed by atoms with Crippen LogP contribution < -0.4 is 5.32 Å². The normalized spacial score (nSPS) is 15.8. The Morgan fingerprint density at radius 3 is 2.27 bits per heavy atom. The van der Waals surface area contributed by atoms with Gasteiger partial charge >= 0.3 is 0 Å². The largest absolute Gasteiger partial charge is 0.325 e. The molecule has 138 valence electrons. The van der Waals surface area contributed by atoms with Gasteiger partial charge in [-0.25, -0.2) is 0 Å². The zero-order chi connectivity index (χ0) is 18.4. The second-order valence-corrected chi connectivity index (χ2v) is 7.37. The fraction of sp³-hybridized carbons (Fsp3) is 0.350. The summed E-state index contributed by atoms with van der Waals surface area (Å²) in [6.45, 7) is 5.69. The molecule has 0 aliphatic carbocycles. The van der Waals surface area contributed by atoms with E-state index in [9.17, 15) is 4.79 Å². The monoisotopic (exact) mass is 391 g/mol. The number of nitrogens with one attached hydrogen (secondary N) is 1. The molecule has 3 rings (SSSR count). The van der Waals surface area contributed by atoms with E-state index in [1.165, 1.54) is 5.56 Å². The van der Waals surface area contributed by atoms with Crippen LogP contribution in [0.2, 0.25) is 10.0 Å². The number of anilines is 1. The Balaban J connectivity index is 1.38. The Labute approximate surface area is 164 Å². The average Bonchev–Trinajstić information content (AvgIpc) is 2.65. The molecule has 1 N–H and O–H groups in total. The number of benzene rings is 2. The zero-order valence-electron chi connectivity index (χ0n) is 14.6. The number of para-hydroxylation sites is 1. The molecule has 0 radical (unpaired) electrons. The van der Waals surface area contributed by atoms with Crippen molar-refractivity contribution < 1.29 is 4.79 Å². The molecule has 1 aliphatic rings. The standard InChI is InChI=1S/C20H23Cl2N3O/c21-17-7-5-16(6-8-17)15-25-13-11-24(12-14-25)10-9-20(26)23-19-4-2-1-3-18(19)22/h1-8H,9-15H2,(H,23,26). The number of piperazine rings is 1. The quantitative estimate of drug-likeness (QED) is 0.803. The van der Waals surface area contributed by atoms with Crippen molar-refractivity contribution in [3.05, 3.63) is 64.1 Å². The van der Waals surface area contributed by atoms with Crippen molar-refractivity contribution in [3.8, 4) is 0 Å². The Bertz CT molecular complexity index is 728. The molecule has 1 amide bonds. The molecule has 1 saturated heterocycles. The third-order valence-electron chi connectivity index (χ3n) is 4.59. The predicted octanol–water partition coefficient (Wildman–Crippen LogP) is 4.14. The van der Waals surface area contributed by atoms with Crippen LogP contribution in [0.1, 0.15) is 12.0 Å². The number of amides is 1. The average molecular weight is 392 g/mol. The van der Waals surface area contributed by atoms with E-state index in [0.29, 0.717) is 17.1 Å².